The monoisotopic (exact) mass is 752 g/mol. The Hall–Kier alpha value is -1.80. The summed E-state index contributed by atoms with van der Waals surface area (Å²) >= 11 is -6.76. The van der Waals surface area contributed by atoms with Crippen LogP contribution in [-0.4, -0.2) is 4.26 Å². The van der Waals surface area contributed by atoms with Gasteiger partial charge in [-0.05, 0) is 0 Å². The van der Waals surface area contributed by atoms with Crippen molar-refractivity contribution in [2.75, 3.05) is 0 Å². The summed E-state index contributed by atoms with van der Waals surface area (Å²) in [7, 11) is 18.0. The summed E-state index contributed by atoms with van der Waals surface area (Å²) in [4.78, 5) is 0. The fourth-order valence-electron chi connectivity index (χ4n) is 8.06. The maximum absolute atomic E-state index is 8.99. The molecule has 0 saturated carbocycles. The predicted octanol–water partition coefficient (Wildman–Crippen LogP) is 11.5. The summed E-state index contributed by atoms with van der Waals surface area (Å²) in [5, 5.41) is 0. The van der Waals surface area contributed by atoms with E-state index in [1.807, 2.05) is 6.08 Å². The molecule has 0 heterocycles. The van der Waals surface area contributed by atoms with Crippen LogP contribution in [0.1, 0.15) is 80.3 Å². The molecule has 0 aliphatic heterocycles. The Morgan fingerprint density at radius 1 is 0.756 bits per heavy atom. The zero-order valence-corrected chi connectivity index (χ0v) is 30.8. The zero-order chi connectivity index (χ0) is 30.0. The summed E-state index contributed by atoms with van der Waals surface area (Å²) in [5.41, 5.74) is 7.40. The van der Waals surface area contributed by atoms with Gasteiger partial charge < -0.3 is 0 Å². The Balaban J connectivity index is 2.04. The van der Waals surface area contributed by atoms with Gasteiger partial charge in [-0.15, -0.1) is 0 Å². The number of hydrogen-bond donors (Lipinski definition) is 0. The van der Waals surface area contributed by atoms with Crippen molar-refractivity contribution in [3.8, 4) is 11.1 Å². The second kappa shape index (κ2) is 8.87. The first-order chi connectivity index (χ1) is 18.9. The van der Waals surface area contributed by atoms with E-state index in [2.05, 4.69) is 139 Å². The van der Waals surface area contributed by atoms with Gasteiger partial charge >= 0.3 is 251 Å². The molecule has 0 nitrogen and oxygen atoms in total. The summed E-state index contributed by atoms with van der Waals surface area (Å²) in [6.45, 7) is 17.7. The third-order valence-electron chi connectivity index (χ3n) is 10.6. The van der Waals surface area contributed by atoms with Crippen molar-refractivity contribution in [1.29, 1.82) is 0 Å². The fraction of sp³-hybridized carbons (Fsp3) is 0.342. The molecule has 0 bridgehead atoms. The minimum absolute atomic E-state index is 0.0299. The molecular weight excluding hydrogens is 706 g/mol. The number of hydrogen-bond acceptors (Lipinski definition) is 0. The van der Waals surface area contributed by atoms with Gasteiger partial charge in [0.15, 0.2) is 0 Å². The van der Waals surface area contributed by atoms with Gasteiger partial charge in [0.05, 0.1) is 0 Å². The SMILES string of the molecule is C=CCC[CH2][Hf](=[CH2])([Cl])([Cl])([c]1ccccc1)([CH]1C=CC=C1)[CH]1c2cc(C(C)(C)C)ccc2-c2ccc(C(C)(C)C)cc21. The molecule has 0 aromatic heterocycles. The number of fused-ring (bicyclic) bond motifs is 3. The molecule has 3 aromatic rings. The molecule has 0 N–H and O–H groups in total. The van der Waals surface area contributed by atoms with Crippen LogP contribution < -0.4 is 3.32 Å². The first-order valence-electron chi connectivity index (χ1n) is 15.1. The number of halogens is 2. The van der Waals surface area contributed by atoms with Crippen LogP contribution in [0.3, 0.4) is 0 Å². The molecule has 0 amide bonds. The Labute approximate surface area is 249 Å². The van der Waals surface area contributed by atoms with Crippen LogP contribution in [0.5, 0.6) is 0 Å². The second-order valence-electron chi connectivity index (χ2n) is 15.5. The molecule has 2 aliphatic carbocycles. The van der Waals surface area contributed by atoms with Crippen LogP contribution in [0.15, 0.2) is 104 Å². The van der Waals surface area contributed by atoms with E-state index in [1.54, 1.807) is 0 Å². The third kappa shape index (κ3) is 4.28. The third-order valence-corrected chi connectivity index (χ3v) is 58.1. The van der Waals surface area contributed by atoms with Gasteiger partial charge in [0.2, 0.25) is 0 Å². The Bertz CT molecular complexity index is 1660. The minimum atomic E-state index is -6.76. The summed E-state index contributed by atoms with van der Waals surface area (Å²) in [5.74, 6) is 0. The van der Waals surface area contributed by atoms with E-state index < -0.39 is 12.7 Å². The topological polar surface area (TPSA) is 0 Å². The van der Waals surface area contributed by atoms with E-state index in [9.17, 15) is 0 Å². The molecule has 0 atom stereocenters. The molecule has 0 saturated heterocycles. The maximum atomic E-state index is 8.99. The fourth-order valence-corrected chi connectivity index (χ4v) is 49.4. The van der Waals surface area contributed by atoms with Crippen LogP contribution in [0.25, 0.3) is 11.1 Å². The van der Waals surface area contributed by atoms with Gasteiger partial charge in [-0.1, -0.05) is 0 Å². The molecular formula is C38H46Cl2Hf. The van der Waals surface area contributed by atoms with Crippen LogP contribution in [-0.2, 0) is 23.5 Å². The molecule has 3 heteroatoms. The van der Waals surface area contributed by atoms with Gasteiger partial charge in [0, 0.05) is 0 Å². The standard InChI is InChI=1S/C21H25.C6H5.C5H5.C5H9.CH2.2ClH.Hf/c1-20(2,3)16-7-9-18-14(12-16)11-15-13-17(21(4,5)6)8-10-19(15)18;1-2-4-6-5-3-1;1-2-4-5-3-1;1-3-5-4-2;;;;/h7-13H,1-6H3;1-5H;1-5H;3H,1-2,4-5H2;1H2;2*1H;/q;;;;;;;+2/p-2. The van der Waals surface area contributed by atoms with Crippen molar-refractivity contribution in [2.45, 2.75) is 76.7 Å². The molecule has 0 radical (unpaired) electrons. The van der Waals surface area contributed by atoms with Crippen molar-refractivity contribution >= 4 is 24.7 Å². The van der Waals surface area contributed by atoms with E-state index in [0.29, 0.717) is 4.18 Å². The second-order valence-corrected chi connectivity index (χ2v) is 69.8. The van der Waals surface area contributed by atoms with Crippen LogP contribution in [0.4, 0.5) is 0 Å². The van der Waals surface area contributed by atoms with E-state index in [0.717, 1.165) is 16.2 Å². The quantitative estimate of drug-likeness (QED) is 0.128. The Kier molecular flexibility index (Phi) is 6.63. The summed E-state index contributed by atoms with van der Waals surface area (Å²) in [6.07, 6.45) is 12.3. The van der Waals surface area contributed by atoms with Crippen molar-refractivity contribution < 1.29 is 12.7 Å². The van der Waals surface area contributed by atoms with Crippen LogP contribution >= 0.6 is 17.2 Å². The first kappa shape index (κ1) is 30.7. The van der Waals surface area contributed by atoms with Gasteiger partial charge in [-0.3, -0.25) is 0 Å². The number of rotatable bonds is 7. The molecule has 0 fully saturated rings. The molecule has 5 rings (SSSR count). The van der Waals surface area contributed by atoms with Crippen molar-refractivity contribution in [3.63, 3.8) is 0 Å². The number of benzene rings is 3. The van der Waals surface area contributed by atoms with Gasteiger partial charge in [0.1, 0.15) is 0 Å². The van der Waals surface area contributed by atoms with Crippen LogP contribution in [0.2, 0.25) is 7.85 Å². The molecule has 216 valence electrons. The van der Waals surface area contributed by atoms with Gasteiger partial charge in [-0.2, -0.15) is 0 Å². The Morgan fingerprint density at radius 3 is 1.68 bits per heavy atom. The Morgan fingerprint density at radius 2 is 1.24 bits per heavy atom. The van der Waals surface area contributed by atoms with Gasteiger partial charge in [-0.25, -0.2) is 0 Å². The summed E-state index contributed by atoms with van der Waals surface area (Å²) < 4.78 is 6.58. The van der Waals surface area contributed by atoms with Crippen molar-refractivity contribution in [2.24, 2.45) is 0 Å². The predicted molar refractivity (Wildman–Crippen MR) is 182 cm³/mol. The van der Waals surface area contributed by atoms with Gasteiger partial charge in [0.25, 0.3) is 0 Å². The zero-order valence-electron chi connectivity index (χ0n) is 25.7. The van der Waals surface area contributed by atoms with Crippen LogP contribution in [0, 0.1) is 0 Å². The summed E-state index contributed by atoms with van der Waals surface area (Å²) in [6, 6.07) is 24.6. The normalized spacial score (nSPS) is 18.3. The molecule has 0 unspecified atom stereocenters. The first-order valence-corrected chi connectivity index (χ1v) is 35.0. The number of unbranched alkanes of at least 4 members (excludes halogenated alkanes) is 1. The van der Waals surface area contributed by atoms with Crippen molar-refractivity contribution in [3.05, 3.63) is 126 Å². The molecule has 0 spiro atoms. The molecule has 3 aromatic carbocycles. The average molecular weight is 752 g/mol. The van der Waals surface area contributed by atoms with E-state index in [1.165, 1.54) is 33.4 Å². The average Bonchev–Trinajstić information content (AvgIpc) is 3.57. The number of allylic oxidation sites excluding steroid dienone is 5. The van der Waals surface area contributed by atoms with E-state index in [-0.39, 0.29) is 18.2 Å². The van der Waals surface area contributed by atoms with E-state index >= 15 is 0 Å². The van der Waals surface area contributed by atoms with Crippen molar-refractivity contribution in [1.82, 2.24) is 0 Å². The molecule has 41 heavy (non-hydrogen) atoms. The molecule has 2 aliphatic rings. The van der Waals surface area contributed by atoms with E-state index in [4.69, 9.17) is 21.4 Å².